The zero-order chi connectivity index (χ0) is 75.5. The van der Waals surface area contributed by atoms with Crippen molar-refractivity contribution in [3.8, 4) is 0 Å². The van der Waals surface area contributed by atoms with Gasteiger partial charge < -0.3 is 157 Å². The second-order valence-electron chi connectivity index (χ2n) is 26.1. The molecule has 7 fully saturated rings. The van der Waals surface area contributed by atoms with Gasteiger partial charge in [-0.15, -0.1) is 0 Å². The minimum atomic E-state index is -2.20. The summed E-state index contributed by atoms with van der Waals surface area (Å²) in [7, 11) is 0. The Hall–Kier alpha value is -6.63. The topological polar surface area (TPSA) is 624 Å². The fourth-order valence-electron chi connectivity index (χ4n) is 13.2. The first-order valence-electron chi connectivity index (χ1n) is 33.5. The standard InChI is InChI=1S/C60H97N11O31/c1-22(50(61)88)63-53(91)30-11-8-14-70(30)56(94)31-12-9-15-71(31)55(93)23(2)64-54(92)37(68-51(89)28(17-72)67-36(79)16-62-52(90)29-10-7-13-69(29)27(6)78)24(3)96-58-39(66-26(5)77)49(102-60-47(87)45(85)41(81)33(19-74)98-60)42(82)35(100-58)21-95-57-38(65-25(4)76)43(83)48(34(20-75)99-57)101-59-46(86)44(84)40(80)32(18-73)97-59/h22-24,28-35,37-49,57-60,72-75,80-87H,7-21H2,1-6H3,(H2,61,88)(H,62,90)(H,63,91)(H,64,92)(H,65,76)(H,66,77)(H,67,79)(H,68,89)/t22?,23?,24?,28?,29?,30?,31?,32?,33?,34?,35?,37?,38?,39?,40-,41-,42-,43+,44-,45-,46?,47?,48-,49+,57+,58+,59-,60-/m0/s1. The van der Waals surface area contributed by atoms with Crippen LogP contribution in [0.2, 0.25) is 0 Å². The fourth-order valence-corrected chi connectivity index (χ4v) is 13.2. The van der Waals surface area contributed by atoms with Crippen molar-refractivity contribution in [1.82, 2.24) is 51.9 Å². The van der Waals surface area contributed by atoms with E-state index in [-0.39, 0.29) is 45.3 Å². The number of rotatable bonds is 29. The Bertz CT molecular complexity index is 2950. The van der Waals surface area contributed by atoms with Gasteiger partial charge in [0.2, 0.25) is 65.0 Å². The van der Waals surface area contributed by atoms with E-state index in [9.17, 15) is 109 Å². The van der Waals surface area contributed by atoms with E-state index in [0.717, 1.165) is 20.8 Å². The van der Waals surface area contributed by atoms with E-state index in [2.05, 4.69) is 37.2 Å². The van der Waals surface area contributed by atoms with Gasteiger partial charge >= 0.3 is 0 Å². The van der Waals surface area contributed by atoms with E-state index in [1.165, 1.54) is 35.5 Å². The molecule has 0 spiro atoms. The third-order valence-electron chi connectivity index (χ3n) is 18.8. The van der Waals surface area contributed by atoms with Crippen molar-refractivity contribution in [3.05, 3.63) is 0 Å². The zero-order valence-electron chi connectivity index (χ0n) is 56.8. The molecule has 0 aromatic rings. The quantitative estimate of drug-likeness (QED) is 0.0331. The van der Waals surface area contributed by atoms with Crippen LogP contribution in [-0.2, 0) is 90.6 Å². The van der Waals surface area contributed by atoms with Crippen LogP contribution >= 0.6 is 0 Å². The number of hydrogen-bond acceptors (Lipinski definition) is 31. The molecule has 102 heavy (non-hydrogen) atoms. The number of carbonyl (C=O) groups is 11. The zero-order valence-corrected chi connectivity index (χ0v) is 56.8. The molecule has 11 amide bonds. The second kappa shape index (κ2) is 36.9. The van der Waals surface area contributed by atoms with Gasteiger partial charge in [-0.1, -0.05) is 0 Å². The number of aliphatic hydroxyl groups is 12. The van der Waals surface area contributed by atoms with Gasteiger partial charge in [0.1, 0.15) is 140 Å². The van der Waals surface area contributed by atoms with E-state index < -0.39 is 276 Å². The summed E-state index contributed by atoms with van der Waals surface area (Å²) in [5.41, 5.74) is 5.35. The van der Waals surface area contributed by atoms with Gasteiger partial charge in [-0.2, -0.15) is 0 Å². The van der Waals surface area contributed by atoms with Crippen molar-refractivity contribution in [1.29, 1.82) is 0 Å². The Morgan fingerprint density at radius 1 is 0.510 bits per heavy atom. The lowest BCUT2D eigenvalue weighted by atomic mass is 9.94. The number of primary amides is 1. The molecule has 7 aliphatic rings. The highest BCUT2D eigenvalue weighted by Crippen LogP contribution is 2.35. The maximum absolute atomic E-state index is 15.0. The van der Waals surface area contributed by atoms with Crippen molar-refractivity contribution >= 4 is 65.0 Å². The molecule has 7 rings (SSSR count). The molecule has 578 valence electrons. The summed E-state index contributed by atoms with van der Waals surface area (Å²) in [4.78, 5) is 152. The Morgan fingerprint density at radius 2 is 1.02 bits per heavy atom. The van der Waals surface area contributed by atoms with E-state index >= 15 is 4.79 Å². The number of amides is 11. The van der Waals surface area contributed by atoms with E-state index in [0.29, 0.717) is 12.8 Å². The predicted molar refractivity (Wildman–Crippen MR) is 334 cm³/mol. The fraction of sp³-hybridized carbons (Fsp3) is 0.817. The summed E-state index contributed by atoms with van der Waals surface area (Å²) in [6.07, 6.45) is -35.1. The molecule has 42 nitrogen and oxygen atoms in total. The summed E-state index contributed by atoms with van der Waals surface area (Å²) in [6, 6.07) is -13.5. The first-order valence-corrected chi connectivity index (χ1v) is 33.5. The molecule has 42 heteroatoms. The van der Waals surface area contributed by atoms with Crippen molar-refractivity contribution < 1.29 is 152 Å². The summed E-state index contributed by atoms with van der Waals surface area (Å²) in [5, 5.41) is 146. The number of aliphatic hydroxyl groups excluding tert-OH is 12. The van der Waals surface area contributed by atoms with Crippen LogP contribution in [0.25, 0.3) is 0 Å². The van der Waals surface area contributed by atoms with Gasteiger partial charge in [-0.25, -0.2) is 0 Å². The number of nitrogens with one attached hydrogen (secondary N) is 7. The Morgan fingerprint density at radius 3 is 1.56 bits per heavy atom. The lowest BCUT2D eigenvalue weighted by Crippen LogP contribution is -2.70. The molecule has 16 unspecified atom stereocenters. The van der Waals surface area contributed by atoms with Gasteiger partial charge in [0.15, 0.2) is 25.2 Å². The lowest BCUT2D eigenvalue weighted by molar-refractivity contribution is -0.359. The maximum Gasteiger partial charge on any atom is 0.246 e. The van der Waals surface area contributed by atoms with Crippen LogP contribution in [-0.4, -0.2) is 371 Å². The van der Waals surface area contributed by atoms with Crippen molar-refractivity contribution in [2.45, 2.75) is 251 Å². The number of carbonyl (C=O) groups excluding carboxylic acids is 11. The van der Waals surface area contributed by atoms with Crippen molar-refractivity contribution in [2.24, 2.45) is 5.73 Å². The normalized spacial score (nSPS) is 35.5. The third-order valence-corrected chi connectivity index (χ3v) is 18.8. The van der Waals surface area contributed by atoms with Gasteiger partial charge in [-0.05, 0) is 59.3 Å². The number of nitrogens with two attached hydrogens (primary N) is 1. The molecular weight excluding hydrogens is 1370 g/mol. The molecule has 28 atom stereocenters. The molecule has 7 aliphatic heterocycles. The van der Waals surface area contributed by atoms with Crippen LogP contribution in [0.3, 0.4) is 0 Å². The Kier molecular flexibility index (Phi) is 29.9. The number of ether oxygens (including phenoxy) is 8. The molecule has 0 aliphatic carbocycles. The maximum atomic E-state index is 15.0. The molecule has 7 saturated heterocycles. The van der Waals surface area contributed by atoms with E-state index in [4.69, 9.17) is 43.6 Å². The lowest BCUT2D eigenvalue weighted by Gasteiger charge is -2.49. The Labute approximate surface area is 583 Å². The molecule has 0 aromatic heterocycles. The molecular formula is C60H97N11O31. The minimum Gasteiger partial charge on any atom is -0.394 e. The monoisotopic (exact) mass is 1470 g/mol. The summed E-state index contributed by atoms with van der Waals surface area (Å²) >= 11 is 0. The SMILES string of the molecule is CC(=O)NC1[C@H](OCC2O[C@@H](OC(C)C(NC(=O)C(CO)NC(=O)CNC(=O)C3CCCN3C(C)=O)C(=O)NC(C)C(=O)N3CCCC3C(=O)N3CCCC3C(=O)NC(C)C(N)=O)C(NC(C)=O)[C@@H](O[C@@H]3OC(CO)[C@H](O)[C@H](O)C3O)[C@H]2O)OC(CO)[C@H](O[C@@H]2OC(CO)[C@H](O)[C@H](O)C2O)[C@@H]1O. The molecule has 0 saturated carbocycles. The summed E-state index contributed by atoms with van der Waals surface area (Å²) < 4.78 is 47.7. The molecule has 0 bridgehead atoms. The molecule has 0 aromatic carbocycles. The van der Waals surface area contributed by atoms with Crippen LogP contribution in [0.15, 0.2) is 0 Å². The van der Waals surface area contributed by atoms with Crippen LogP contribution in [0.4, 0.5) is 0 Å². The number of likely N-dealkylation sites (tertiary alicyclic amines) is 3. The van der Waals surface area contributed by atoms with Gasteiger partial charge in [0, 0.05) is 40.4 Å². The summed E-state index contributed by atoms with van der Waals surface area (Å²) in [6.45, 7) is 1.44. The van der Waals surface area contributed by atoms with Gasteiger partial charge in [0.25, 0.3) is 0 Å². The van der Waals surface area contributed by atoms with Crippen molar-refractivity contribution in [2.75, 3.05) is 59.2 Å². The first-order chi connectivity index (χ1) is 48.2. The molecule has 7 heterocycles. The van der Waals surface area contributed by atoms with Crippen LogP contribution < -0.4 is 43.0 Å². The molecule has 21 N–H and O–H groups in total. The highest BCUT2D eigenvalue weighted by atomic mass is 16.8. The number of nitrogens with zero attached hydrogens (tertiary/aromatic N) is 3. The van der Waals surface area contributed by atoms with Crippen LogP contribution in [0.5, 0.6) is 0 Å². The van der Waals surface area contributed by atoms with Crippen molar-refractivity contribution in [3.63, 3.8) is 0 Å². The summed E-state index contributed by atoms with van der Waals surface area (Å²) in [5.74, 6) is -9.49. The van der Waals surface area contributed by atoms with E-state index in [1.54, 1.807) is 0 Å². The second-order valence-corrected chi connectivity index (χ2v) is 26.1. The molecule has 0 radical (unpaired) electrons. The van der Waals surface area contributed by atoms with Crippen LogP contribution in [0.1, 0.15) is 80.1 Å². The van der Waals surface area contributed by atoms with Gasteiger partial charge in [-0.3, -0.25) is 52.7 Å². The smallest absolute Gasteiger partial charge is 0.246 e. The Balaban J connectivity index is 1.20. The first kappa shape index (κ1) is 82.7. The average Bonchev–Trinajstić information content (AvgIpc) is 1.13. The highest BCUT2D eigenvalue weighted by molar-refractivity contribution is 5.98. The van der Waals surface area contributed by atoms with Crippen LogP contribution in [0, 0.1) is 0 Å². The largest absolute Gasteiger partial charge is 0.394 e. The van der Waals surface area contributed by atoms with Gasteiger partial charge in [0.05, 0.1) is 45.7 Å². The van der Waals surface area contributed by atoms with E-state index in [1.807, 2.05) is 0 Å². The minimum absolute atomic E-state index is 0.0248. The number of hydrogen-bond donors (Lipinski definition) is 20. The predicted octanol–water partition coefficient (Wildman–Crippen LogP) is -13.5. The third kappa shape index (κ3) is 19.6. The highest BCUT2D eigenvalue weighted by Gasteiger charge is 2.56. The average molecular weight is 1470 g/mol.